The van der Waals surface area contributed by atoms with E-state index in [9.17, 15) is 4.79 Å². The molecule has 1 fully saturated rings. The maximum absolute atomic E-state index is 10.6. The van der Waals surface area contributed by atoms with E-state index in [2.05, 4.69) is 18.7 Å². The Labute approximate surface area is 85.1 Å². The lowest BCUT2D eigenvalue weighted by molar-refractivity contribution is -0.138. The molecule has 0 aromatic carbocycles. The lowest BCUT2D eigenvalue weighted by Crippen LogP contribution is -2.41. The van der Waals surface area contributed by atoms with Gasteiger partial charge >= 0.3 is 5.97 Å². The van der Waals surface area contributed by atoms with Crippen LogP contribution in [-0.4, -0.2) is 41.7 Å². The lowest BCUT2D eigenvalue weighted by Gasteiger charge is -2.19. The Hall–Kier alpha value is -0.610. The quantitative estimate of drug-likeness (QED) is 0.688. The molecule has 0 spiro atoms. The molecule has 14 heavy (non-hydrogen) atoms. The van der Waals surface area contributed by atoms with E-state index < -0.39 is 12.0 Å². The largest absolute Gasteiger partial charge is 0.480 e. The highest BCUT2D eigenvalue weighted by Crippen LogP contribution is 2.23. The Kier molecular flexibility index (Phi) is 3.89. The number of likely N-dealkylation sites (tertiary alicyclic amines) is 1. The first-order valence-electron chi connectivity index (χ1n) is 5.21. The molecule has 0 aromatic heterocycles. The summed E-state index contributed by atoms with van der Waals surface area (Å²) < 4.78 is 0. The number of rotatable bonds is 4. The standard InChI is InChI=1S/C10H20N2O2/c1-7(2)8-3-4-12(5-8)6-9(11)10(13)14/h7-9H,3-6,11H2,1-2H3,(H,13,14). The van der Waals surface area contributed by atoms with Gasteiger partial charge in [-0.25, -0.2) is 0 Å². The van der Waals surface area contributed by atoms with Gasteiger partial charge in [0.25, 0.3) is 0 Å². The van der Waals surface area contributed by atoms with Crippen LogP contribution in [0, 0.1) is 11.8 Å². The van der Waals surface area contributed by atoms with Gasteiger partial charge in [0.15, 0.2) is 0 Å². The predicted octanol–water partition coefficient (Wildman–Crippen LogP) is 0.376. The highest BCUT2D eigenvalue weighted by molar-refractivity contribution is 5.73. The Morgan fingerprint density at radius 3 is 2.71 bits per heavy atom. The highest BCUT2D eigenvalue weighted by Gasteiger charge is 2.27. The van der Waals surface area contributed by atoms with E-state index in [0.717, 1.165) is 13.1 Å². The molecule has 0 amide bonds. The fraction of sp³-hybridized carbons (Fsp3) is 0.900. The van der Waals surface area contributed by atoms with Crippen LogP contribution < -0.4 is 5.73 Å². The first-order valence-corrected chi connectivity index (χ1v) is 5.21. The normalized spacial score (nSPS) is 25.6. The van der Waals surface area contributed by atoms with Crippen molar-refractivity contribution in [2.45, 2.75) is 26.3 Å². The average molecular weight is 200 g/mol. The van der Waals surface area contributed by atoms with E-state index in [4.69, 9.17) is 10.8 Å². The van der Waals surface area contributed by atoms with Crippen LogP contribution in [0.3, 0.4) is 0 Å². The van der Waals surface area contributed by atoms with E-state index in [1.54, 1.807) is 0 Å². The van der Waals surface area contributed by atoms with E-state index in [-0.39, 0.29) is 0 Å². The average Bonchev–Trinajstić information content (AvgIpc) is 2.52. The summed E-state index contributed by atoms with van der Waals surface area (Å²) >= 11 is 0. The summed E-state index contributed by atoms with van der Waals surface area (Å²) in [7, 11) is 0. The molecule has 1 heterocycles. The molecule has 1 saturated heterocycles. The molecular weight excluding hydrogens is 180 g/mol. The smallest absolute Gasteiger partial charge is 0.321 e. The molecule has 2 atom stereocenters. The first kappa shape index (κ1) is 11.5. The predicted molar refractivity (Wildman–Crippen MR) is 55.0 cm³/mol. The van der Waals surface area contributed by atoms with Crippen LogP contribution in [0.15, 0.2) is 0 Å². The van der Waals surface area contributed by atoms with Crippen molar-refractivity contribution in [2.75, 3.05) is 19.6 Å². The van der Waals surface area contributed by atoms with Gasteiger partial charge in [0.2, 0.25) is 0 Å². The third-order valence-electron chi connectivity index (χ3n) is 3.02. The van der Waals surface area contributed by atoms with Crippen LogP contribution >= 0.6 is 0 Å². The number of hydrogen-bond acceptors (Lipinski definition) is 3. The molecule has 0 bridgehead atoms. The summed E-state index contributed by atoms with van der Waals surface area (Å²) in [4.78, 5) is 12.7. The van der Waals surface area contributed by atoms with Crippen molar-refractivity contribution >= 4 is 5.97 Å². The topological polar surface area (TPSA) is 66.6 Å². The molecule has 4 heteroatoms. The molecule has 82 valence electrons. The van der Waals surface area contributed by atoms with E-state index in [1.807, 2.05) is 0 Å². The number of carboxylic acid groups (broad SMARTS) is 1. The van der Waals surface area contributed by atoms with Gasteiger partial charge < -0.3 is 15.7 Å². The van der Waals surface area contributed by atoms with Crippen molar-refractivity contribution in [1.82, 2.24) is 4.90 Å². The van der Waals surface area contributed by atoms with Crippen molar-refractivity contribution in [3.05, 3.63) is 0 Å². The lowest BCUT2D eigenvalue weighted by atomic mass is 9.95. The zero-order valence-corrected chi connectivity index (χ0v) is 8.94. The van der Waals surface area contributed by atoms with Crippen LogP contribution in [0.5, 0.6) is 0 Å². The third-order valence-corrected chi connectivity index (χ3v) is 3.02. The third kappa shape index (κ3) is 2.96. The van der Waals surface area contributed by atoms with E-state index in [1.165, 1.54) is 6.42 Å². The maximum atomic E-state index is 10.6. The SMILES string of the molecule is CC(C)C1CCN(CC(N)C(=O)O)C1. The minimum absolute atomic E-state index is 0.485. The monoisotopic (exact) mass is 200 g/mol. The van der Waals surface area contributed by atoms with Gasteiger partial charge in [-0.15, -0.1) is 0 Å². The van der Waals surface area contributed by atoms with Gasteiger partial charge in [0.05, 0.1) is 0 Å². The van der Waals surface area contributed by atoms with Crippen molar-refractivity contribution in [3.63, 3.8) is 0 Å². The second kappa shape index (κ2) is 4.75. The zero-order chi connectivity index (χ0) is 10.7. The number of hydrogen-bond donors (Lipinski definition) is 2. The Morgan fingerprint density at radius 2 is 2.29 bits per heavy atom. The fourth-order valence-corrected chi connectivity index (χ4v) is 1.93. The second-order valence-corrected chi connectivity index (χ2v) is 4.50. The molecule has 1 aliphatic heterocycles. The van der Waals surface area contributed by atoms with Gasteiger partial charge in [-0.3, -0.25) is 4.79 Å². The fourth-order valence-electron chi connectivity index (χ4n) is 1.93. The number of nitrogens with two attached hydrogens (primary N) is 1. The number of nitrogens with zero attached hydrogens (tertiary/aromatic N) is 1. The van der Waals surface area contributed by atoms with Crippen molar-refractivity contribution in [1.29, 1.82) is 0 Å². The Morgan fingerprint density at radius 1 is 1.64 bits per heavy atom. The zero-order valence-electron chi connectivity index (χ0n) is 8.94. The number of aliphatic carboxylic acids is 1. The summed E-state index contributed by atoms with van der Waals surface area (Å²) in [5.41, 5.74) is 5.48. The van der Waals surface area contributed by atoms with Crippen molar-refractivity contribution in [2.24, 2.45) is 17.6 Å². The van der Waals surface area contributed by atoms with E-state index >= 15 is 0 Å². The summed E-state index contributed by atoms with van der Waals surface area (Å²) in [5.74, 6) is 0.482. The Balaban J connectivity index is 2.32. The minimum atomic E-state index is -0.905. The van der Waals surface area contributed by atoms with Crippen molar-refractivity contribution in [3.8, 4) is 0 Å². The van der Waals surface area contributed by atoms with Crippen LogP contribution in [-0.2, 0) is 4.79 Å². The second-order valence-electron chi connectivity index (χ2n) is 4.50. The Bertz CT molecular complexity index is 206. The maximum Gasteiger partial charge on any atom is 0.321 e. The molecule has 0 saturated carbocycles. The van der Waals surface area contributed by atoms with Gasteiger partial charge in [-0.2, -0.15) is 0 Å². The number of carbonyl (C=O) groups is 1. The molecule has 1 rings (SSSR count). The van der Waals surface area contributed by atoms with Crippen LogP contribution in [0.1, 0.15) is 20.3 Å². The van der Waals surface area contributed by atoms with Crippen LogP contribution in [0.25, 0.3) is 0 Å². The molecular formula is C10H20N2O2. The van der Waals surface area contributed by atoms with Crippen LogP contribution in [0.4, 0.5) is 0 Å². The molecule has 4 nitrogen and oxygen atoms in total. The van der Waals surface area contributed by atoms with Gasteiger partial charge in [-0.1, -0.05) is 13.8 Å². The summed E-state index contributed by atoms with van der Waals surface area (Å²) in [6.07, 6.45) is 1.17. The summed E-state index contributed by atoms with van der Waals surface area (Å²) in [5, 5.41) is 8.67. The molecule has 0 radical (unpaired) electrons. The minimum Gasteiger partial charge on any atom is -0.480 e. The first-order chi connectivity index (χ1) is 6.50. The van der Waals surface area contributed by atoms with Gasteiger partial charge in [0.1, 0.15) is 6.04 Å². The van der Waals surface area contributed by atoms with Crippen LogP contribution in [0.2, 0.25) is 0 Å². The summed E-state index contributed by atoms with van der Waals surface area (Å²) in [6.45, 7) is 6.90. The van der Waals surface area contributed by atoms with Gasteiger partial charge in [-0.05, 0) is 24.8 Å². The molecule has 0 aromatic rings. The summed E-state index contributed by atoms with van der Waals surface area (Å²) in [6, 6.07) is -0.735. The van der Waals surface area contributed by atoms with E-state index in [0.29, 0.717) is 18.4 Å². The van der Waals surface area contributed by atoms with Gasteiger partial charge in [0, 0.05) is 13.1 Å². The number of carboxylic acids is 1. The highest BCUT2D eigenvalue weighted by atomic mass is 16.4. The molecule has 2 unspecified atom stereocenters. The van der Waals surface area contributed by atoms with Crippen molar-refractivity contribution < 1.29 is 9.90 Å². The molecule has 1 aliphatic rings. The molecule has 0 aliphatic carbocycles. The molecule has 3 N–H and O–H groups in total.